The molecular formula is C10H13FN2O2S. The molecule has 0 amide bonds. The van der Waals surface area contributed by atoms with Crippen molar-refractivity contribution in [3.05, 3.63) is 30.1 Å². The number of hydrogen-bond donors (Lipinski definition) is 1. The van der Waals surface area contributed by atoms with Crippen LogP contribution >= 0.6 is 0 Å². The zero-order chi connectivity index (χ0) is 11.8. The van der Waals surface area contributed by atoms with Crippen LogP contribution < -0.4 is 5.73 Å². The van der Waals surface area contributed by atoms with Gasteiger partial charge in [0, 0.05) is 19.1 Å². The largest absolute Gasteiger partial charge is 0.326 e. The van der Waals surface area contributed by atoms with E-state index in [0.717, 1.165) is 12.1 Å². The number of rotatable bonds is 2. The highest BCUT2D eigenvalue weighted by atomic mass is 32.2. The van der Waals surface area contributed by atoms with Crippen LogP contribution in [0, 0.1) is 5.82 Å². The molecule has 0 radical (unpaired) electrons. The lowest BCUT2D eigenvalue weighted by Gasteiger charge is -2.15. The Hall–Kier alpha value is -0.980. The fourth-order valence-corrected chi connectivity index (χ4v) is 3.24. The molecule has 0 saturated carbocycles. The summed E-state index contributed by atoms with van der Waals surface area (Å²) in [5, 5.41) is 0. The Labute approximate surface area is 93.9 Å². The van der Waals surface area contributed by atoms with Gasteiger partial charge >= 0.3 is 0 Å². The standard InChI is InChI=1S/C10H13FN2O2S/c11-8-1-3-10(4-2-8)16(14,15)13-6-5-9(12)7-13/h1-4,9H,5-7,12H2/t9-/m1/s1. The van der Waals surface area contributed by atoms with Gasteiger partial charge in [-0.2, -0.15) is 4.31 Å². The minimum Gasteiger partial charge on any atom is -0.326 e. The van der Waals surface area contributed by atoms with Gasteiger partial charge in [0.25, 0.3) is 0 Å². The number of nitrogens with zero attached hydrogens (tertiary/aromatic N) is 1. The minimum absolute atomic E-state index is 0.102. The van der Waals surface area contributed by atoms with Gasteiger partial charge in [0.1, 0.15) is 5.82 Å². The second-order valence-electron chi connectivity index (χ2n) is 3.87. The quantitative estimate of drug-likeness (QED) is 0.826. The van der Waals surface area contributed by atoms with E-state index in [1.54, 1.807) is 0 Å². The van der Waals surface area contributed by atoms with Gasteiger partial charge in [-0.15, -0.1) is 0 Å². The maximum Gasteiger partial charge on any atom is 0.243 e. The van der Waals surface area contributed by atoms with E-state index in [1.807, 2.05) is 0 Å². The zero-order valence-corrected chi connectivity index (χ0v) is 9.45. The molecule has 2 rings (SSSR count). The van der Waals surface area contributed by atoms with Crippen LogP contribution in [0.2, 0.25) is 0 Å². The topological polar surface area (TPSA) is 63.4 Å². The molecule has 1 heterocycles. The molecule has 4 nitrogen and oxygen atoms in total. The van der Waals surface area contributed by atoms with E-state index in [1.165, 1.54) is 16.4 Å². The first kappa shape index (κ1) is 11.5. The maximum atomic E-state index is 12.7. The second-order valence-corrected chi connectivity index (χ2v) is 5.80. The summed E-state index contributed by atoms with van der Waals surface area (Å²) in [5.41, 5.74) is 5.66. The molecule has 1 atom stereocenters. The lowest BCUT2D eigenvalue weighted by molar-refractivity contribution is 0.472. The van der Waals surface area contributed by atoms with Crippen molar-refractivity contribution in [2.45, 2.75) is 17.4 Å². The maximum absolute atomic E-state index is 12.7. The van der Waals surface area contributed by atoms with Crippen molar-refractivity contribution in [3.8, 4) is 0 Å². The summed E-state index contributed by atoms with van der Waals surface area (Å²) in [6.45, 7) is 0.764. The molecule has 0 aromatic heterocycles. The summed E-state index contributed by atoms with van der Waals surface area (Å²) in [6.07, 6.45) is 0.667. The van der Waals surface area contributed by atoms with E-state index in [2.05, 4.69) is 0 Å². The van der Waals surface area contributed by atoms with Gasteiger partial charge < -0.3 is 5.73 Å². The van der Waals surface area contributed by atoms with Crippen molar-refractivity contribution in [2.75, 3.05) is 13.1 Å². The molecule has 1 saturated heterocycles. The summed E-state index contributed by atoms with van der Waals surface area (Å²) in [4.78, 5) is 0.114. The molecule has 6 heteroatoms. The van der Waals surface area contributed by atoms with Crippen LogP contribution in [0.3, 0.4) is 0 Å². The van der Waals surface area contributed by atoms with Crippen molar-refractivity contribution < 1.29 is 12.8 Å². The molecular weight excluding hydrogens is 231 g/mol. The number of halogens is 1. The zero-order valence-electron chi connectivity index (χ0n) is 8.64. The lowest BCUT2D eigenvalue weighted by atomic mass is 10.3. The Morgan fingerprint density at radius 2 is 1.94 bits per heavy atom. The third-order valence-corrected chi connectivity index (χ3v) is 4.52. The molecule has 0 bridgehead atoms. The number of benzene rings is 1. The van der Waals surface area contributed by atoms with Gasteiger partial charge in [0.2, 0.25) is 10.0 Å². The Morgan fingerprint density at radius 3 is 2.44 bits per heavy atom. The Kier molecular flexibility index (Phi) is 2.96. The fourth-order valence-electron chi connectivity index (χ4n) is 1.73. The predicted octanol–water partition coefficient (Wildman–Crippen LogP) is 0.547. The van der Waals surface area contributed by atoms with E-state index in [4.69, 9.17) is 5.73 Å². The van der Waals surface area contributed by atoms with E-state index in [0.29, 0.717) is 19.5 Å². The molecule has 1 aromatic rings. The Balaban J connectivity index is 2.29. The molecule has 0 aliphatic carbocycles. The third-order valence-electron chi connectivity index (χ3n) is 2.64. The monoisotopic (exact) mass is 244 g/mol. The van der Waals surface area contributed by atoms with E-state index < -0.39 is 15.8 Å². The summed E-state index contributed by atoms with van der Waals surface area (Å²) in [5.74, 6) is -0.447. The van der Waals surface area contributed by atoms with Gasteiger partial charge in [-0.25, -0.2) is 12.8 Å². The molecule has 1 fully saturated rings. The van der Waals surface area contributed by atoms with E-state index >= 15 is 0 Å². The minimum atomic E-state index is -3.50. The van der Waals surface area contributed by atoms with Crippen molar-refractivity contribution in [3.63, 3.8) is 0 Å². The van der Waals surface area contributed by atoms with Crippen LogP contribution in [-0.4, -0.2) is 31.9 Å². The van der Waals surface area contributed by atoms with Crippen molar-refractivity contribution >= 4 is 10.0 Å². The third kappa shape index (κ3) is 2.09. The smallest absolute Gasteiger partial charge is 0.243 e. The van der Waals surface area contributed by atoms with Crippen molar-refractivity contribution in [1.82, 2.24) is 4.31 Å². The fraction of sp³-hybridized carbons (Fsp3) is 0.400. The molecule has 1 aromatic carbocycles. The van der Waals surface area contributed by atoms with Crippen molar-refractivity contribution in [1.29, 1.82) is 0 Å². The van der Waals surface area contributed by atoms with Crippen LogP contribution in [0.5, 0.6) is 0 Å². The van der Waals surface area contributed by atoms with Crippen LogP contribution in [0.1, 0.15) is 6.42 Å². The summed E-state index contributed by atoms with van der Waals surface area (Å²) in [6, 6.07) is 4.73. The number of hydrogen-bond acceptors (Lipinski definition) is 3. The highest BCUT2D eigenvalue weighted by Gasteiger charge is 2.30. The second kappa shape index (κ2) is 4.12. The van der Waals surface area contributed by atoms with Gasteiger partial charge in [0.15, 0.2) is 0 Å². The summed E-state index contributed by atoms with van der Waals surface area (Å²) in [7, 11) is -3.50. The molecule has 1 aliphatic rings. The first-order valence-corrected chi connectivity index (χ1v) is 6.45. The number of nitrogens with two attached hydrogens (primary N) is 1. The highest BCUT2D eigenvalue weighted by Crippen LogP contribution is 2.20. The first-order chi connectivity index (χ1) is 7.50. The van der Waals surface area contributed by atoms with E-state index in [-0.39, 0.29) is 10.9 Å². The van der Waals surface area contributed by atoms with Crippen LogP contribution in [0.15, 0.2) is 29.2 Å². The van der Waals surface area contributed by atoms with Gasteiger partial charge in [-0.3, -0.25) is 0 Å². The van der Waals surface area contributed by atoms with Crippen LogP contribution in [0.25, 0.3) is 0 Å². The van der Waals surface area contributed by atoms with Gasteiger partial charge in [-0.05, 0) is 30.7 Å². The lowest BCUT2D eigenvalue weighted by Crippen LogP contribution is -2.31. The first-order valence-electron chi connectivity index (χ1n) is 5.01. The molecule has 16 heavy (non-hydrogen) atoms. The average Bonchev–Trinajstić information content (AvgIpc) is 2.66. The average molecular weight is 244 g/mol. The molecule has 2 N–H and O–H groups in total. The normalized spacial score (nSPS) is 22.5. The Morgan fingerprint density at radius 1 is 1.31 bits per heavy atom. The molecule has 1 aliphatic heterocycles. The summed E-state index contributed by atoms with van der Waals surface area (Å²) >= 11 is 0. The highest BCUT2D eigenvalue weighted by molar-refractivity contribution is 7.89. The van der Waals surface area contributed by atoms with Gasteiger partial charge in [-0.1, -0.05) is 0 Å². The SMILES string of the molecule is N[C@@H]1CCN(S(=O)(=O)c2ccc(F)cc2)C1. The Bertz CT molecular complexity index is 472. The van der Waals surface area contributed by atoms with Crippen LogP contribution in [0.4, 0.5) is 4.39 Å². The molecule has 0 unspecified atom stereocenters. The summed E-state index contributed by atoms with van der Waals surface area (Å²) < 4.78 is 38.1. The van der Waals surface area contributed by atoms with Crippen LogP contribution in [-0.2, 0) is 10.0 Å². The van der Waals surface area contributed by atoms with E-state index in [9.17, 15) is 12.8 Å². The number of sulfonamides is 1. The van der Waals surface area contributed by atoms with Gasteiger partial charge in [0.05, 0.1) is 4.90 Å². The van der Waals surface area contributed by atoms with Crippen molar-refractivity contribution in [2.24, 2.45) is 5.73 Å². The molecule has 88 valence electrons. The molecule has 0 spiro atoms. The predicted molar refractivity (Wildman–Crippen MR) is 57.8 cm³/mol.